The normalized spacial score (nSPS) is 10.8. The van der Waals surface area contributed by atoms with Gasteiger partial charge in [0.15, 0.2) is 0 Å². The Balaban J connectivity index is 2.29. The monoisotopic (exact) mass is 208 g/mol. The maximum absolute atomic E-state index is 4.65. The lowest BCUT2D eigenvalue weighted by Gasteiger charge is -1.98. The van der Waals surface area contributed by atoms with Gasteiger partial charge in [0, 0.05) is 17.5 Å². The van der Waals surface area contributed by atoms with Crippen LogP contribution in [0.25, 0.3) is 16.9 Å². The molecule has 0 unspecified atom stereocenters. The zero-order chi connectivity index (χ0) is 11.0. The van der Waals surface area contributed by atoms with Crippen molar-refractivity contribution in [2.45, 2.75) is 6.92 Å². The fraction of sp³-hybridized carbons (Fsp3) is 0.0714. The van der Waals surface area contributed by atoms with E-state index in [9.17, 15) is 0 Å². The number of nitrogens with zero attached hydrogens (tertiary/aromatic N) is 2. The van der Waals surface area contributed by atoms with E-state index in [0.29, 0.717) is 0 Å². The van der Waals surface area contributed by atoms with Gasteiger partial charge in [0.2, 0.25) is 0 Å². The Morgan fingerprint density at radius 1 is 0.938 bits per heavy atom. The zero-order valence-corrected chi connectivity index (χ0v) is 9.09. The van der Waals surface area contributed by atoms with Crippen LogP contribution in [0.1, 0.15) is 5.69 Å². The Hall–Kier alpha value is -2.09. The van der Waals surface area contributed by atoms with Gasteiger partial charge >= 0.3 is 0 Å². The topological polar surface area (TPSA) is 17.3 Å². The molecule has 2 heterocycles. The molecule has 0 radical (unpaired) electrons. The maximum Gasteiger partial charge on any atom is 0.137 e. The summed E-state index contributed by atoms with van der Waals surface area (Å²) in [5.41, 5.74) is 4.41. The number of hydrogen-bond donors (Lipinski definition) is 0. The molecule has 0 aliphatic carbocycles. The van der Waals surface area contributed by atoms with Crippen LogP contribution in [0, 0.1) is 6.92 Å². The highest BCUT2D eigenvalue weighted by atomic mass is 15.0. The van der Waals surface area contributed by atoms with E-state index in [1.54, 1.807) is 0 Å². The molecule has 0 bridgehead atoms. The minimum absolute atomic E-state index is 0.999. The highest BCUT2D eigenvalue weighted by molar-refractivity contribution is 5.66. The Morgan fingerprint density at radius 3 is 2.44 bits per heavy atom. The van der Waals surface area contributed by atoms with Crippen LogP contribution in [0.4, 0.5) is 0 Å². The molecule has 0 atom stereocenters. The van der Waals surface area contributed by atoms with E-state index in [1.165, 1.54) is 11.3 Å². The molecule has 3 aromatic rings. The van der Waals surface area contributed by atoms with Crippen LogP contribution < -0.4 is 0 Å². The summed E-state index contributed by atoms with van der Waals surface area (Å²) in [6, 6.07) is 16.3. The molecule has 0 saturated heterocycles. The van der Waals surface area contributed by atoms with Gasteiger partial charge in [-0.3, -0.25) is 0 Å². The fourth-order valence-corrected chi connectivity index (χ4v) is 1.99. The SMILES string of the molecule is Cc1c(-c2ccccc2)nc2ccccn12. The highest BCUT2D eigenvalue weighted by Gasteiger charge is 2.08. The standard InChI is InChI=1S/C14H12N2/c1-11-14(12-7-3-2-4-8-12)15-13-9-5-6-10-16(11)13/h2-10H,1H3. The van der Waals surface area contributed by atoms with Gasteiger partial charge in [-0.05, 0) is 19.1 Å². The first kappa shape index (κ1) is 9.16. The summed E-state index contributed by atoms with van der Waals surface area (Å²) < 4.78 is 2.11. The predicted molar refractivity (Wildman–Crippen MR) is 65.4 cm³/mol. The van der Waals surface area contributed by atoms with Crippen molar-refractivity contribution in [3.63, 3.8) is 0 Å². The number of aromatic nitrogens is 2. The molecular weight excluding hydrogens is 196 g/mol. The number of hydrogen-bond acceptors (Lipinski definition) is 1. The molecule has 0 N–H and O–H groups in total. The third-order valence-electron chi connectivity index (χ3n) is 2.82. The molecule has 2 aromatic heterocycles. The molecule has 0 aliphatic rings. The summed E-state index contributed by atoms with van der Waals surface area (Å²) in [6.45, 7) is 2.10. The van der Waals surface area contributed by atoms with Gasteiger partial charge < -0.3 is 4.40 Å². The molecule has 78 valence electrons. The average Bonchev–Trinajstić information content (AvgIpc) is 2.69. The second kappa shape index (κ2) is 3.49. The lowest BCUT2D eigenvalue weighted by atomic mass is 10.1. The summed E-state index contributed by atoms with van der Waals surface area (Å²) in [5, 5.41) is 0. The largest absolute Gasteiger partial charge is 0.304 e. The predicted octanol–water partition coefficient (Wildman–Crippen LogP) is 3.31. The van der Waals surface area contributed by atoms with Gasteiger partial charge in [-0.15, -0.1) is 0 Å². The number of benzene rings is 1. The fourth-order valence-electron chi connectivity index (χ4n) is 1.99. The van der Waals surface area contributed by atoms with Crippen molar-refractivity contribution in [2.75, 3.05) is 0 Å². The number of imidazole rings is 1. The van der Waals surface area contributed by atoms with Crippen LogP contribution in [0.2, 0.25) is 0 Å². The van der Waals surface area contributed by atoms with Gasteiger partial charge in [0.25, 0.3) is 0 Å². The first-order chi connectivity index (χ1) is 7.86. The Labute approximate surface area is 94.2 Å². The number of fused-ring (bicyclic) bond motifs is 1. The van der Waals surface area contributed by atoms with Gasteiger partial charge in [0.05, 0.1) is 5.69 Å². The van der Waals surface area contributed by atoms with E-state index in [1.807, 2.05) is 42.6 Å². The first-order valence-electron chi connectivity index (χ1n) is 5.35. The molecule has 0 aliphatic heterocycles. The van der Waals surface area contributed by atoms with Crippen molar-refractivity contribution < 1.29 is 0 Å². The minimum Gasteiger partial charge on any atom is -0.304 e. The quantitative estimate of drug-likeness (QED) is 0.599. The minimum atomic E-state index is 0.999. The van der Waals surface area contributed by atoms with E-state index in [4.69, 9.17) is 0 Å². The average molecular weight is 208 g/mol. The van der Waals surface area contributed by atoms with Crippen molar-refractivity contribution in [3.8, 4) is 11.3 Å². The van der Waals surface area contributed by atoms with E-state index in [0.717, 1.165) is 11.3 Å². The molecule has 2 heteroatoms. The number of aryl methyl sites for hydroxylation is 1. The smallest absolute Gasteiger partial charge is 0.137 e. The van der Waals surface area contributed by atoms with Crippen molar-refractivity contribution in [2.24, 2.45) is 0 Å². The summed E-state index contributed by atoms with van der Waals surface area (Å²) >= 11 is 0. The molecule has 0 amide bonds. The van der Waals surface area contributed by atoms with Crippen molar-refractivity contribution in [1.82, 2.24) is 9.38 Å². The molecular formula is C14H12N2. The third kappa shape index (κ3) is 1.31. The molecule has 0 fully saturated rings. The van der Waals surface area contributed by atoms with Crippen LogP contribution in [-0.2, 0) is 0 Å². The van der Waals surface area contributed by atoms with Gasteiger partial charge in [0.1, 0.15) is 5.65 Å². The van der Waals surface area contributed by atoms with E-state index < -0.39 is 0 Å². The van der Waals surface area contributed by atoms with E-state index in [-0.39, 0.29) is 0 Å². The molecule has 16 heavy (non-hydrogen) atoms. The van der Waals surface area contributed by atoms with Crippen molar-refractivity contribution in [1.29, 1.82) is 0 Å². The maximum atomic E-state index is 4.65. The molecule has 0 saturated carbocycles. The Bertz CT molecular complexity index is 624. The first-order valence-corrected chi connectivity index (χ1v) is 5.35. The molecule has 1 aromatic carbocycles. The summed E-state index contributed by atoms with van der Waals surface area (Å²) in [5.74, 6) is 0. The Morgan fingerprint density at radius 2 is 1.69 bits per heavy atom. The third-order valence-corrected chi connectivity index (χ3v) is 2.82. The summed E-state index contributed by atoms with van der Waals surface area (Å²) in [4.78, 5) is 4.65. The Kier molecular flexibility index (Phi) is 2.00. The van der Waals surface area contributed by atoms with Gasteiger partial charge in [-0.1, -0.05) is 36.4 Å². The molecule has 3 rings (SSSR count). The van der Waals surface area contributed by atoms with Crippen LogP contribution in [-0.4, -0.2) is 9.38 Å². The van der Waals surface area contributed by atoms with Crippen molar-refractivity contribution in [3.05, 3.63) is 60.4 Å². The van der Waals surface area contributed by atoms with E-state index >= 15 is 0 Å². The second-order valence-corrected chi connectivity index (χ2v) is 3.84. The van der Waals surface area contributed by atoms with Crippen molar-refractivity contribution >= 4 is 5.65 Å². The lowest BCUT2D eigenvalue weighted by Crippen LogP contribution is -1.85. The summed E-state index contributed by atoms with van der Waals surface area (Å²) in [7, 11) is 0. The number of pyridine rings is 1. The van der Waals surface area contributed by atoms with Gasteiger partial charge in [-0.2, -0.15) is 0 Å². The summed E-state index contributed by atoms with van der Waals surface area (Å²) in [6.07, 6.45) is 2.05. The number of rotatable bonds is 1. The van der Waals surface area contributed by atoms with E-state index in [2.05, 4.69) is 28.4 Å². The highest BCUT2D eigenvalue weighted by Crippen LogP contribution is 2.22. The van der Waals surface area contributed by atoms with Crippen LogP contribution in [0.5, 0.6) is 0 Å². The zero-order valence-electron chi connectivity index (χ0n) is 9.09. The molecule has 0 spiro atoms. The van der Waals surface area contributed by atoms with Gasteiger partial charge in [-0.25, -0.2) is 4.98 Å². The lowest BCUT2D eigenvalue weighted by molar-refractivity contribution is 1.11. The van der Waals surface area contributed by atoms with Crippen LogP contribution in [0.3, 0.4) is 0 Å². The van der Waals surface area contributed by atoms with Crippen LogP contribution in [0.15, 0.2) is 54.7 Å². The molecule has 2 nitrogen and oxygen atoms in total. The second-order valence-electron chi connectivity index (χ2n) is 3.84. The van der Waals surface area contributed by atoms with Crippen LogP contribution >= 0.6 is 0 Å².